The zero-order valence-electron chi connectivity index (χ0n) is 10.2. The van der Waals surface area contributed by atoms with Crippen LogP contribution in [0.5, 0.6) is 0 Å². The van der Waals surface area contributed by atoms with Gasteiger partial charge in [-0.3, -0.25) is 0 Å². The molecule has 3 atom stereocenters. The van der Waals surface area contributed by atoms with Crippen LogP contribution in [0.2, 0.25) is 0 Å². The highest BCUT2D eigenvalue weighted by atomic mass is 16.5. The minimum absolute atomic E-state index is 0.628. The summed E-state index contributed by atoms with van der Waals surface area (Å²) < 4.78 is 5.45. The molecule has 0 amide bonds. The predicted octanol–water partition coefficient (Wildman–Crippen LogP) is 2.58. The number of nitrogens with one attached hydrogen (secondary N) is 1. The first kappa shape index (κ1) is 11.4. The number of hydrogen-bond acceptors (Lipinski definition) is 2. The first-order chi connectivity index (χ1) is 7.27. The van der Waals surface area contributed by atoms with E-state index in [-0.39, 0.29) is 0 Å². The zero-order chi connectivity index (χ0) is 10.7. The molecule has 88 valence electrons. The summed E-state index contributed by atoms with van der Waals surface area (Å²) in [5.74, 6) is 1.67. The highest BCUT2D eigenvalue weighted by Gasteiger charge is 2.27. The lowest BCUT2D eigenvalue weighted by molar-refractivity contribution is 0.174. The standard InChI is InChI=1S/C13H25NO/c1-10(12-5-3-4-6-12)14-11(2)13-7-8-15-9-13/h10-14H,3-9H2,1-2H3/t10-,11?,13?/m1/s1. The van der Waals surface area contributed by atoms with E-state index in [2.05, 4.69) is 19.2 Å². The molecule has 0 aromatic carbocycles. The lowest BCUT2D eigenvalue weighted by Gasteiger charge is -2.27. The Bertz CT molecular complexity index is 163. The third-order valence-electron chi connectivity index (χ3n) is 4.30. The normalized spacial score (nSPS) is 32.0. The largest absolute Gasteiger partial charge is 0.381 e. The topological polar surface area (TPSA) is 21.3 Å². The van der Waals surface area contributed by atoms with Crippen LogP contribution in [0, 0.1) is 11.8 Å². The van der Waals surface area contributed by atoms with E-state index in [9.17, 15) is 0 Å². The van der Waals surface area contributed by atoms with Gasteiger partial charge < -0.3 is 10.1 Å². The number of hydrogen-bond donors (Lipinski definition) is 1. The molecule has 1 saturated carbocycles. The van der Waals surface area contributed by atoms with Crippen molar-refractivity contribution in [2.45, 2.75) is 58.0 Å². The molecule has 2 aliphatic rings. The summed E-state index contributed by atoms with van der Waals surface area (Å²) in [6, 6.07) is 1.33. The van der Waals surface area contributed by atoms with E-state index in [4.69, 9.17) is 4.74 Å². The number of ether oxygens (including phenoxy) is 1. The van der Waals surface area contributed by atoms with Crippen LogP contribution in [0.4, 0.5) is 0 Å². The summed E-state index contributed by atoms with van der Waals surface area (Å²) in [5.41, 5.74) is 0. The molecule has 0 bridgehead atoms. The average molecular weight is 211 g/mol. The van der Waals surface area contributed by atoms with E-state index in [0.717, 1.165) is 25.0 Å². The second kappa shape index (κ2) is 5.31. The maximum absolute atomic E-state index is 5.45. The molecule has 2 fully saturated rings. The molecule has 15 heavy (non-hydrogen) atoms. The second-order valence-corrected chi connectivity index (χ2v) is 5.41. The molecule has 2 nitrogen and oxygen atoms in total. The molecule has 0 radical (unpaired) electrons. The minimum atomic E-state index is 0.628. The summed E-state index contributed by atoms with van der Waals surface area (Å²) in [6.45, 7) is 6.62. The van der Waals surface area contributed by atoms with Gasteiger partial charge in [-0.25, -0.2) is 0 Å². The van der Waals surface area contributed by atoms with E-state index < -0.39 is 0 Å². The van der Waals surface area contributed by atoms with Gasteiger partial charge in [0.25, 0.3) is 0 Å². The number of rotatable bonds is 4. The lowest BCUT2D eigenvalue weighted by Crippen LogP contribution is -2.42. The summed E-state index contributed by atoms with van der Waals surface area (Å²) >= 11 is 0. The molecular formula is C13H25NO. The molecule has 0 aromatic rings. The molecule has 2 rings (SSSR count). The zero-order valence-corrected chi connectivity index (χ0v) is 10.2. The van der Waals surface area contributed by atoms with Gasteiger partial charge in [-0.05, 0) is 44.9 Å². The molecule has 0 spiro atoms. The Labute approximate surface area is 93.8 Å². The van der Waals surface area contributed by atoms with E-state index in [1.165, 1.54) is 32.1 Å². The smallest absolute Gasteiger partial charge is 0.0509 e. The van der Waals surface area contributed by atoms with E-state index in [0.29, 0.717) is 12.1 Å². The summed E-state index contributed by atoms with van der Waals surface area (Å²) in [6.07, 6.45) is 6.99. The van der Waals surface area contributed by atoms with Crippen molar-refractivity contribution in [3.8, 4) is 0 Å². The Morgan fingerprint density at radius 3 is 2.27 bits per heavy atom. The Morgan fingerprint density at radius 1 is 1.00 bits per heavy atom. The first-order valence-electron chi connectivity index (χ1n) is 6.61. The van der Waals surface area contributed by atoms with Crippen molar-refractivity contribution in [2.75, 3.05) is 13.2 Å². The van der Waals surface area contributed by atoms with Gasteiger partial charge in [0, 0.05) is 18.7 Å². The van der Waals surface area contributed by atoms with E-state index in [1.54, 1.807) is 0 Å². The fourth-order valence-corrected chi connectivity index (χ4v) is 3.09. The molecule has 2 unspecified atom stereocenters. The van der Waals surface area contributed by atoms with Gasteiger partial charge in [0.15, 0.2) is 0 Å². The quantitative estimate of drug-likeness (QED) is 0.771. The SMILES string of the molecule is CC(N[C@H](C)C1CCCC1)C1CCOC1. The van der Waals surface area contributed by atoms with Crippen LogP contribution in [0.1, 0.15) is 46.0 Å². The van der Waals surface area contributed by atoms with Gasteiger partial charge in [0.2, 0.25) is 0 Å². The van der Waals surface area contributed by atoms with Gasteiger partial charge in [-0.15, -0.1) is 0 Å². The third-order valence-corrected chi connectivity index (χ3v) is 4.30. The Morgan fingerprint density at radius 2 is 1.67 bits per heavy atom. The van der Waals surface area contributed by atoms with Crippen molar-refractivity contribution in [2.24, 2.45) is 11.8 Å². The van der Waals surface area contributed by atoms with Crippen LogP contribution in [-0.4, -0.2) is 25.3 Å². The van der Waals surface area contributed by atoms with Crippen molar-refractivity contribution >= 4 is 0 Å². The molecule has 1 N–H and O–H groups in total. The van der Waals surface area contributed by atoms with Gasteiger partial charge in [-0.1, -0.05) is 12.8 Å². The van der Waals surface area contributed by atoms with Gasteiger partial charge in [0.05, 0.1) is 6.61 Å². The van der Waals surface area contributed by atoms with Crippen molar-refractivity contribution in [1.29, 1.82) is 0 Å². The Balaban J connectivity index is 1.74. The highest BCUT2D eigenvalue weighted by Crippen LogP contribution is 2.28. The van der Waals surface area contributed by atoms with Crippen molar-refractivity contribution in [3.63, 3.8) is 0 Å². The van der Waals surface area contributed by atoms with E-state index in [1.807, 2.05) is 0 Å². The van der Waals surface area contributed by atoms with Crippen LogP contribution in [0.25, 0.3) is 0 Å². The molecule has 1 heterocycles. The van der Waals surface area contributed by atoms with Crippen LogP contribution < -0.4 is 5.32 Å². The molecule has 2 heteroatoms. The molecular weight excluding hydrogens is 186 g/mol. The fraction of sp³-hybridized carbons (Fsp3) is 1.00. The maximum atomic E-state index is 5.45. The van der Waals surface area contributed by atoms with Crippen LogP contribution in [0.3, 0.4) is 0 Å². The van der Waals surface area contributed by atoms with Gasteiger partial charge in [-0.2, -0.15) is 0 Å². The average Bonchev–Trinajstić information content (AvgIpc) is 2.91. The monoisotopic (exact) mass is 211 g/mol. The highest BCUT2D eigenvalue weighted by molar-refractivity contribution is 4.83. The van der Waals surface area contributed by atoms with Crippen molar-refractivity contribution in [3.05, 3.63) is 0 Å². The maximum Gasteiger partial charge on any atom is 0.0509 e. The van der Waals surface area contributed by atoms with E-state index >= 15 is 0 Å². The lowest BCUT2D eigenvalue weighted by atomic mass is 9.95. The Hall–Kier alpha value is -0.0800. The van der Waals surface area contributed by atoms with Crippen molar-refractivity contribution < 1.29 is 4.74 Å². The molecule has 1 aliphatic heterocycles. The predicted molar refractivity (Wildman–Crippen MR) is 62.9 cm³/mol. The second-order valence-electron chi connectivity index (χ2n) is 5.41. The van der Waals surface area contributed by atoms with Gasteiger partial charge in [0.1, 0.15) is 0 Å². The van der Waals surface area contributed by atoms with Gasteiger partial charge >= 0.3 is 0 Å². The molecule has 1 saturated heterocycles. The third kappa shape index (κ3) is 2.94. The fourth-order valence-electron chi connectivity index (χ4n) is 3.09. The van der Waals surface area contributed by atoms with Crippen LogP contribution in [-0.2, 0) is 4.74 Å². The Kier molecular flexibility index (Phi) is 4.04. The molecule has 0 aromatic heterocycles. The van der Waals surface area contributed by atoms with Crippen LogP contribution >= 0.6 is 0 Å². The minimum Gasteiger partial charge on any atom is -0.381 e. The first-order valence-corrected chi connectivity index (χ1v) is 6.61. The summed E-state index contributed by atoms with van der Waals surface area (Å²) in [7, 11) is 0. The molecule has 1 aliphatic carbocycles. The van der Waals surface area contributed by atoms with Crippen molar-refractivity contribution in [1.82, 2.24) is 5.32 Å². The summed E-state index contributed by atoms with van der Waals surface area (Å²) in [5, 5.41) is 3.78. The summed E-state index contributed by atoms with van der Waals surface area (Å²) in [4.78, 5) is 0. The van der Waals surface area contributed by atoms with Crippen LogP contribution in [0.15, 0.2) is 0 Å².